The molecule has 0 radical (unpaired) electrons. The van der Waals surface area contributed by atoms with Gasteiger partial charge in [0.1, 0.15) is 11.8 Å². The summed E-state index contributed by atoms with van der Waals surface area (Å²) >= 11 is 0. The van der Waals surface area contributed by atoms with Crippen molar-refractivity contribution in [2.75, 3.05) is 0 Å². The summed E-state index contributed by atoms with van der Waals surface area (Å²) in [5.74, 6) is -1.02. The average Bonchev–Trinajstić information content (AvgIpc) is 2.81. The molecule has 3 rings (SSSR count). The van der Waals surface area contributed by atoms with E-state index >= 15 is 0 Å². The van der Waals surface area contributed by atoms with Crippen molar-refractivity contribution in [3.8, 4) is 0 Å². The standard InChI is InChI=1S/C27H28N2O3/c1-20(30)17-18-24(26(28)32)29-25(31)19-27(21-11-5-2-6-12-21,22-13-7-3-8-14-22)23-15-9-4-10-16-23/h2-16,24H,17-19H2,1H3,(H2,28,32)(H,29,31)/t24-/m0/s1. The Morgan fingerprint density at radius 2 is 1.19 bits per heavy atom. The van der Waals surface area contributed by atoms with Gasteiger partial charge in [-0.1, -0.05) is 91.0 Å². The van der Waals surface area contributed by atoms with Crippen LogP contribution in [0.1, 0.15) is 42.9 Å². The van der Waals surface area contributed by atoms with Gasteiger partial charge in [-0.25, -0.2) is 0 Å². The van der Waals surface area contributed by atoms with Gasteiger partial charge in [0.25, 0.3) is 0 Å². The molecule has 3 aromatic rings. The van der Waals surface area contributed by atoms with E-state index in [0.717, 1.165) is 16.7 Å². The summed E-state index contributed by atoms with van der Waals surface area (Å²) in [5.41, 5.74) is 7.63. The Morgan fingerprint density at radius 3 is 1.53 bits per heavy atom. The highest BCUT2D eigenvalue weighted by molar-refractivity contribution is 5.88. The average molecular weight is 429 g/mol. The summed E-state index contributed by atoms with van der Waals surface area (Å²) in [6, 6.07) is 28.7. The fourth-order valence-corrected chi connectivity index (χ4v) is 4.09. The summed E-state index contributed by atoms with van der Waals surface area (Å²) in [7, 11) is 0. The third-order valence-electron chi connectivity index (χ3n) is 5.69. The zero-order valence-electron chi connectivity index (χ0n) is 18.2. The highest BCUT2D eigenvalue weighted by Crippen LogP contribution is 2.42. The first-order chi connectivity index (χ1) is 15.4. The summed E-state index contributed by atoms with van der Waals surface area (Å²) < 4.78 is 0. The van der Waals surface area contributed by atoms with Crippen LogP contribution in [0.3, 0.4) is 0 Å². The van der Waals surface area contributed by atoms with Gasteiger partial charge in [0.15, 0.2) is 0 Å². The largest absolute Gasteiger partial charge is 0.368 e. The van der Waals surface area contributed by atoms with Crippen molar-refractivity contribution >= 4 is 17.6 Å². The molecule has 5 nitrogen and oxygen atoms in total. The van der Waals surface area contributed by atoms with Crippen LogP contribution in [0.5, 0.6) is 0 Å². The maximum Gasteiger partial charge on any atom is 0.240 e. The number of Topliss-reactive ketones (excluding diaryl/α,β-unsaturated/α-hetero) is 1. The van der Waals surface area contributed by atoms with E-state index < -0.39 is 17.4 Å². The SMILES string of the molecule is CC(=O)CC[C@H](NC(=O)CC(c1ccccc1)(c1ccccc1)c1ccccc1)C(N)=O. The van der Waals surface area contributed by atoms with Gasteiger partial charge in [0.2, 0.25) is 11.8 Å². The molecule has 2 amide bonds. The maximum atomic E-state index is 13.3. The monoisotopic (exact) mass is 428 g/mol. The smallest absolute Gasteiger partial charge is 0.240 e. The van der Waals surface area contributed by atoms with E-state index in [9.17, 15) is 14.4 Å². The van der Waals surface area contributed by atoms with Crippen molar-refractivity contribution < 1.29 is 14.4 Å². The number of nitrogens with two attached hydrogens (primary N) is 1. The number of carbonyl (C=O) groups excluding carboxylic acids is 3. The van der Waals surface area contributed by atoms with E-state index in [-0.39, 0.29) is 31.0 Å². The number of amides is 2. The molecule has 3 N–H and O–H groups in total. The molecule has 1 atom stereocenters. The second-order valence-corrected chi connectivity index (χ2v) is 7.94. The molecule has 0 spiro atoms. The number of carbonyl (C=O) groups is 3. The number of hydrogen-bond donors (Lipinski definition) is 2. The van der Waals surface area contributed by atoms with E-state index in [1.165, 1.54) is 6.92 Å². The van der Waals surface area contributed by atoms with Crippen LogP contribution >= 0.6 is 0 Å². The number of benzene rings is 3. The van der Waals surface area contributed by atoms with E-state index in [0.29, 0.717) is 0 Å². The van der Waals surface area contributed by atoms with E-state index in [1.807, 2.05) is 91.0 Å². The van der Waals surface area contributed by atoms with Gasteiger partial charge in [-0.2, -0.15) is 0 Å². The Labute approximate surface area is 188 Å². The molecule has 0 aromatic heterocycles. The second kappa shape index (κ2) is 10.5. The summed E-state index contributed by atoms with van der Waals surface area (Å²) in [5, 5.41) is 2.77. The minimum atomic E-state index is -0.897. The van der Waals surface area contributed by atoms with Crippen molar-refractivity contribution in [2.45, 2.75) is 37.6 Å². The van der Waals surface area contributed by atoms with Crippen molar-refractivity contribution in [1.29, 1.82) is 0 Å². The fourth-order valence-electron chi connectivity index (χ4n) is 4.09. The summed E-state index contributed by atoms with van der Waals surface area (Å²) in [6.45, 7) is 1.45. The molecule has 0 fully saturated rings. The number of primary amides is 1. The Kier molecular flexibility index (Phi) is 7.55. The van der Waals surface area contributed by atoms with Gasteiger partial charge in [-0.15, -0.1) is 0 Å². The Morgan fingerprint density at radius 1 is 0.781 bits per heavy atom. The van der Waals surface area contributed by atoms with Crippen molar-refractivity contribution in [2.24, 2.45) is 5.73 Å². The van der Waals surface area contributed by atoms with Crippen molar-refractivity contribution in [3.05, 3.63) is 108 Å². The minimum Gasteiger partial charge on any atom is -0.368 e. The third kappa shape index (κ3) is 5.30. The number of nitrogens with one attached hydrogen (secondary N) is 1. The molecule has 0 aliphatic heterocycles. The van der Waals surface area contributed by atoms with Gasteiger partial charge in [0, 0.05) is 12.8 Å². The lowest BCUT2D eigenvalue weighted by atomic mass is 9.67. The molecule has 32 heavy (non-hydrogen) atoms. The second-order valence-electron chi connectivity index (χ2n) is 7.94. The molecule has 0 saturated carbocycles. The Hall–Kier alpha value is -3.73. The van der Waals surface area contributed by atoms with Crippen molar-refractivity contribution in [3.63, 3.8) is 0 Å². The first-order valence-electron chi connectivity index (χ1n) is 10.7. The van der Waals surface area contributed by atoms with Crippen LogP contribution in [0, 0.1) is 0 Å². The minimum absolute atomic E-state index is 0.0577. The van der Waals surface area contributed by atoms with Gasteiger partial charge >= 0.3 is 0 Å². The van der Waals surface area contributed by atoms with E-state index in [1.54, 1.807) is 0 Å². The lowest BCUT2D eigenvalue weighted by Crippen LogP contribution is -2.47. The fraction of sp³-hybridized carbons (Fsp3) is 0.222. The quantitative estimate of drug-likeness (QED) is 0.482. The molecule has 5 heteroatoms. The van der Waals surface area contributed by atoms with E-state index in [4.69, 9.17) is 5.73 Å². The zero-order chi connectivity index (χ0) is 23.0. The van der Waals surface area contributed by atoms with E-state index in [2.05, 4.69) is 5.32 Å². The number of ketones is 1. The summed E-state index contributed by atoms with van der Waals surface area (Å²) in [4.78, 5) is 36.6. The van der Waals surface area contributed by atoms with Crippen LogP contribution in [-0.2, 0) is 19.8 Å². The number of hydrogen-bond acceptors (Lipinski definition) is 3. The Balaban J connectivity index is 2.06. The highest BCUT2D eigenvalue weighted by Gasteiger charge is 2.39. The predicted molar refractivity (Wildman–Crippen MR) is 125 cm³/mol. The maximum absolute atomic E-state index is 13.3. The van der Waals surface area contributed by atoms with Crippen LogP contribution < -0.4 is 11.1 Å². The molecule has 3 aromatic carbocycles. The number of rotatable bonds is 10. The molecule has 0 aliphatic carbocycles. The molecular weight excluding hydrogens is 400 g/mol. The zero-order valence-corrected chi connectivity index (χ0v) is 18.2. The van der Waals surface area contributed by atoms with Crippen LogP contribution in [-0.4, -0.2) is 23.6 Å². The molecule has 0 bridgehead atoms. The van der Waals surface area contributed by atoms with Crippen LogP contribution in [0.15, 0.2) is 91.0 Å². The molecule has 0 unspecified atom stereocenters. The van der Waals surface area contributed by atoms with Crippen molar-refractivity contribution in [1.82, 2.24) is 5.32 Å². The van der Waals surface area contributed by atoms with Crippen LogP contribution in [0.4, 0.5) is 0 Å². The lowest BCUT2D eigenvalue weighted by Gasteiger charge is -2.36. The van der Waals surface area contributed by atoms with Crippen LogP contribution in [0.2, 0.25) is 0 Å². The van der Waals surface area contributed by atoms with Crippen LogP contribution in [0.25, 0.3) is 0 Å². The van der Waals surface area contributed by atoms with Gasteiger partial charge in [-0.3, -0.25) is 9.59 Å². The first-order valence-corrected chi connectivity index (χ1v) is 10.7. The summed E-state index contributed by atoms with van der Waals surface area (Å²) in [6.07, 6.45) is 0.440. The predicted octanol–water partition coefficient (Wildman–Crippen LogP) is 3.75. The molecule has 0 aliphatic rings. The highest BCUT2D eigenvalue weighted by atomic mass is 16.2. The van der Waals surface area contributed by atoms with Gasteiger partial charge in [0.05, 0.1) is 5.41 Å². The molecule has 164 valence electrons. The topological polar surface area (TPSA) is 89.3 Å². The van der Waals surface area contributed by atoms with Gasteiger partial charge < -0.3 is 15.8 Å². The normalized spacial score (nSPS) is 12.0. The molecular formula is C27H28N2O3. The van der Waals surface area contributed by atoms with Gasteiger partial charge in [-0.05, 0) is 30.0 Å². The molecule has 0 saturated heterocycles. The lowest BCUT2D eigenvalue weighted by molar-refractivity contribution is -0.128. The Bertz CT molecular complexity index is 953. The third-order valence-corrected chi connectivity index (χ3v) is 5.69. The molecule has 0 heterocycles. The first kappa shape index (κ1) is 22.9.